The van der Waals surface area contributed by atoms with Gasteiger partial charge in [0, 0.05) is 11.8 Å². The maximum atomic E-state index is 6.04. The van der Waals surface area contributed by atoms with Gasteiger partial charge in [-0.15, -0.1) is 11.6 Å². The minimum atomic E-state index is 0.123. The molecule has 6 nitrogen and oxygen atoms in total. The second kappa shape index (κ2) is 9.10. The van der Waals surface area contributed by atoms with Crippen molar-refractivity contribution in [2.75, 3.05) is 24.5 Å². The molecule has 0 spiro atoms. The van der Waals surface area contributed by atoms with E-state index in [0.717, 1.165) is 22.6 Å². The summed E-state index contributed by atoms with van der Waals surface area (Å²) in [4.78, 5) is 6.01. The summed E-state index contributed by atoms with van der Waals surface area (Å²) in [5.74, 6) is 7.47. The molecule has 26 heavy (non-hydrogen) atoms. The zero-order valence-electron chi connectivity index (χ0n) is 15.2. The van der Waals surface area contributed by atoms with Crippen molar-refractivity contribution in [3.05, 3.63) is 54.2 Å². The van der Waals surface area contributed by atoms with Crippen molar-refractivity contribution < 1.29 is 9.47 Å². The average Bonchev–Trinajstić information content (AvgIpc) is 2.67. The standard InChI is InChI=1S/C19H23ClN4O2/c1-5-26-17-8-6-15(10-13(17)2)14(3)24(18(11-20)23-21)16-7-9-19(25-4)22-12-16/h6-10,12H,3,5,11,21H2,1-2,4H3/b23-18-. The number of hydrazone groups is 1. The van der Waals surface area contributed by atoms with Crippen LogP contribution in [0.25, 0.3) is 5.70 Å². The minimum Gasteiger partial charge on any atom is -0.494 e. The number of methoxy groups -OCH3 is 1. The summed E-state index contributed by atoms with van der Waals surface area (Å²) in [6, 6.07) is 9.45. The van der Waals surface area contributed by atoms with Gasteiger partial charge in [0.05, 0.1) is 31.5 Å². The Kier molecular flexibility index (Phi) is 6.86. The molecule has 7 heteroatoms. The Morgan fingerprint density at radius 3 is 2.62 bits per heavy atom. The highest BCUT2D eigenvalue weighted by atomic mass is 35.5. The van der Waals surface area contributed by atoms with Gasteiger partial charge in [-0.1, -0.05) is 6.58 Å². The molecule has 0 radical (unpaired) electrons. The van der Waals surface area contributed by atoms with Crippen LogP contribution in [-0.2, 0) is 0 Å². The van der Waals surface area contributed by atoms with Gasteiger partial charge in [-0.05, 0) is 49.2 Å². The van der Waals surface area contributed by atoms with Gasteiger partial charge in [0.1, 0.15) is 11.6 Å². The molecule has 0 aliphatic rings. The molecule has 0 fully saturated rings. The van der Waals surface area contributed by atoms with Crippen LogP contribution >= 0.6 is 11.6 Å². The van der Waals surface area contributed by atoms with Crippen molar-refractivity contribution in [2.24, 2.45) is 10.9 Å². The lowest BCUT2D eigenvalue weighted by atomic mass is 10.1. The fraction of sp³-hybridized carbons (Fsp3) is 0.263. The summed E-state index contributed by atoms with van der Waals surface area (Å²) >= 11 is 6.04. The lowest BCUT2D eigenvalue weighted by Gasteiger charge is -2.27. The van der Waals surface area contributed by atoms with Gasteiger partial charge in [-0.25, -0.2) is 4.98 Å². The maximum absolute atomic E-state index is 6.04. The minimum absolute atomic E-state index is 0.123. The Labute approximate surface area is 158 Å². The van der Waals surface area contributed by atoms with Gasteiger partial charge < -0.3 is 15.3 Å². The molecule has 1 aromatic carbocycles. The number of ether oxygens (including phenoxy) is 2. The monoisotopic (exact) mass is 374 g/mol. The van der Waals surface area contributed by atoms with Gasteiger partial charge in [0.2, 0.25) is 5.88 Å². The van der Waals surface area contributed by atoms with Crippen molar-refractivity contribution in [2.45, 2.75) is 13.8 Å². The zero-order chi connectivity index (χ0) is 19.1. The molecule has 1 heterocycles. The summed E-state index contributed by atoms with van der Waals surface area (Å²) in [5.41, 5.74) is 3.31. The van der Waals surface area contributed by atoms with E-state index in [9.17, 15) is 0 Å². The van der Waals surface area contributed by atoms with Crippen LogP contribution in [0.15, 0.2) is 48.2 Å². The molecule has 0 aliphatic carbocycles. The summed E-state index contributed by atoms with van der Waals surface area (Å²) in [6.45, 7) is 8.76. The van der Waals surface area contributed by atoms with Gasteiger partial charge in [0.25, 0.3) is 0 Å². The van der Waals surface area contributed by atoms with E-state index >= 15 is 0 Å². The topological polar surface area (TPSA) is 73.0 Å². The van der Waals surface area contributed by atoms with E-state index < -0.39 is 0 Å². The quantitative estimate of drug-likeness (QED) is 0.262. The van der Waals surface area contributed by atoms with Gasteiger partial charge in [-0.3, -0.25) is 4.90 Å². The molecule has 0 saturated heterocycles. The zero-order valence-corrected chi connectivity index (χ0v) is 16.0. The number of aromatic nitrogens is 1. The number of alkyl halides is 1. The number of nitrogens with two attached hydrogens (primary N) is 1. The van der Waals surface area contributed by atoms with E-state index in [1.54, 1.807) is 24.3 Å². The Balaban J connectivity index is 2.44. The van der Waals surface area contributed by atoms with Crippen molar-refractivity contribution in [1.82, 2.24) is 4.98 Å². The highest BCUT2D eigenvalue weighted by molar-refractivity contribution is 6.32. The van der Waals surface area contributed by atoms with Crippen LogP contribution in [0.3, 0.4) is 0 Å². The Morgan fingerprint density at radius 2 is 2.12 bits per heavy atom. The van der Waals surface area contributed by atoms with Crippen LogP contribution in [0, 0.1) is 6.92 Å². The SMILES string of the molecule is C=C(c1ccc(OCC)c(C)c1)N(/C(CCl)=N\N)c1ccc(OC)nc1. The largest absolute Gasteiger partial charge is 0.494 e. The van der Waals surface area contributed by atoms with Crippen molar-refractivity contribution in [1.29, 1.82) is 0 Å². The van der Waals surface area contributed by atoms with Crippen molar-refractivity contribution in [3.63, 3.8) is 0 Å². The molecule has 2 N–H and O–H groups in total. The van der Waals surface area contributed by atoms with Crippen LogP contribution in [0.5, 0.6) is 11.6 Å². The average molecular weight is 375 g/mol. The second-order valence-corrected chi connectivity index (χ2v) is 5.70. The second-order valence-electron chi connectivity index (χ2n) is 5.43. The molecule has 1 aromatic heterocycles. The number of anilines is 1. The number of benzene rings is 1. The molecular weight excluding hydrogens is 352 g/mol. The Hall–Kier alpha value is -2.73. The first kappa shape index (κ1) is 19.6. The first-order chi connectivity index (χ1) is 12.5. The lowest BCUT2D eigenvalue weighted by molar-refractivity contribution is 0.338. The van der Waals surface area contributed by atoms with Crippen LogP contribution in [0.4, 0.5) is 5.69 Å². The molecule has 2 rings (SSSR count). The normalized spacial score (nSPS) is 11.2. The Bertz CT molecular complexity index is 791. The van der Waals surface area contributed by atoms with Crippen LogP contribution in [-0.4, -0.2) is 30.4 Å². The van der Waals surface area contributed by atoms with E-state index in [2.05, 4.69) is 16.7 Å². The molecular formula is C19H23ClN4O2. The predicted molar refractivity (Wildman–Crippen MR) is 107 cm³/mol. The molecule has 0 amide bonds. The van der Waals surface area contributed by atoms with Gasteiger partial charge >= 0.3 is 0 Å². The summed E-state index contributed by atoms with van der Waals surface area (Å²) < 4.78 is 10.7. The highest BCUT2D eigenvalue weighted by Gasteiger charge is 2.19. The van der Waals surface area contributed by atoms with Crippen molar-refractivity contribution in [3.8, 4) is 11.6 Å². The number of pyridine rings is 1. The molecule has 0 unspecified atom stereocenters. The number of nitrogens with zero attached hydrogens (tertiary/aromatic N) is 3. The number of amidine groups is 1. The number of hydrogen-bond acceptors (Lipinski definition) is 5. The fourth-order valence-corrected chi connectivity index (χ4v) is 2.70. The molecule has 0 bridgehead atoms. The number of hydrogen-bond donors (Lipinski definition) is 1. The first-order valence-electron chi connectivity index (χ1n) is 8.11. The first-order valence-corrected chi connectivity index (χ1v) is 8.64. The van der Waals surface area contributed by atoms with Gasteiger partial charge in [0.15, 0.2) is 0 Å². The lowest BCUT2D eigenvalue weighted by Crippen LogP contribution is -2.31. The fourth-order valence-electron chi connectivity index (χ4n) is 2.51. The van der Waals surface area contributed by atoms with E-state index in [1.165, 1.54) is 0 Å². The predicted octanol–water partition coefficient (Wildman–Crippen LogP) is 3.79. The van der Waals surface area contributed by atoms with E-state index in [-0.39, 0.29) is 5.88 Å². The van der Waals surface area contributed by atoms with E-state index in [0.29, 0.717) is 24.0 Å². The third-order valence-corrected chi connectivity index (χ3v) is 4.03. The Morgan fingerprint density at radius 1 is 1.35 bits per heavy atom. The molecule has 0 atom stereocenters. The number of rotatable bonds is 7. The maximum Gasteiger partial charge on any atom is 0.213 e. The summed E-state index contributed by atoms with van der Waals surface area (Å²) in [5, 5.41) is 3.81. The number of aryl methyl sites for hydroxylation is 1. The summed E-state index contributed by atoms with van der Waals surface area (Å²) in [6.07, 6.45) is 1.66. The third-order valence-electron chi connectivity index (χ3n) is 3.79. The molecule has 2 aromatic rings. The van der Waals surface area contributed by atoms with Crippen LogP contribution < -0.4 is 20.2 Å². The van der Waals surface area contributed by atoms with Gasteiger partial charge in [-0.2, -0.15) is 5.10 Å². The van der Waals surface area contributed by atoms with Crippen LogP contribution in [0.2, 0.25) is 0 Å². The third kappa shape index (κ3) is 4.26. The molecule has 0 aliphatic heterocycles. The summed E-state index contributed by atoms with van der Waals surface area (Å²) in [7, 11) is 1.56. The molecule has 138 valence electrons. The van der Waals surface area contributed by atoms with E-state index in [1.807, 2.05) is 38.1 Å². The highest BCUT2D eigenvalue weighted by Crippen LogP contribution is 2.29. The smallest absolute Gasteiger partial charge is 0.213 e. The number of halogens is 1. The van der Waals surface area contributed by atoms with Crippen molar-refractivity contribution >= 4 is 28.8 Å². The molecule has 0 saturated carbocycles. The van der Waals surface area contributed by atoms with E-state index in [4.69, 9.17) is 26.9 Å². The van der Waals surface area contributed by atoms with Crippen LogP contribution in [0.1, 0.15) is 18.1 Å².